The van der Waals surface area contributed by atoms with E-state index in [9.17, 15) is 8.42 Å². The van der Waals surface area contributed by atoms with Gasteiger partial charge in [0.25, 0.3) is 0 Å². The van der Waals surface area contributed by atoms with E-state index >= 15 is 0 Å². The molecule has 0 spiro atoms. The van der Waals surface area contributed by atoms with Gasteiger partial charge in [-0.3, -0.25) is 0 Å². The third-order valence-electron chi connectivity index (χ3n) is 2.61. The minimum absolute atomic E-state index is 0.0106. The van der Waals surface area contributed by atoms with Gasteiger partial charge in [-0.1, -0.05) is 23.2 Å². The molecule has 7 heteroatoms. The normalized spacial score (nSPS) is 12.4. The number of halogens is 3. The van der Waals surface area contributed by atoms with Crippen molar-refractivity contribution in [1.82, 2.24) is 4.31 Å². The Labute approximate surface area is 123 Å². The van der Waals surface area contributed by atoms with Crippen molar-refractivity contribution in [1.29, 1.82) is 0 Å². The van der Waals surface area contributed by atoms with Crippen molar-refractivity contribution >= 4 is 44.8 Å². The highest BCUT2D eigenvalue weighted by molar-refractivity contribution is 7.89. The predicted octanol–water partition coefficient (Wildman–Crippen LogP) is 3.76. The molecular weight excluding hydrogens is 317 g/mol. The Kier molecular flexibility index (Phi) is 5.32. The molecule has 0 N–H and O–H groups in total. The maximum absolute atomic E-state index is 12.4. The van der Waals surface area contributed by atoms with Crippen molar-refractivity contribution in [2.45, 2.75) is 30.7 Å². The number of nitrogens with zero attached hydrogens (tertiary/aromatic N) is 1. The van der Waals surface area contributed by atoms with Crippen LogP contribution >= 0.6 is 34.8 Å². The summed E-state index contributed by atoms with van der Waals surface area (Å²) in [6.07, 6.45) is 0. The topological polar surface area (TPSA) is 37.4 Å². The highest BCUT2D eigenvalue weighted by Gasteiger charge is 2.27. The molecule has 1 aromatic carbocycles. The standard InChI is InChI=1S/C11H14Cl3NO2S/c1-7(2)15(3)18(16,17)10-5-9(13)4-8(6-12)11(10)14/h4-5,7H,6H2,1-3H3. The minimum Gasteiger partial charge on any atom is -0.207 e. The van der Waals surface area contributed by atoms with Crippen LogP contribution in [0.4, 0.5) is 0 Å². The van der Waals surface area contributed by atoms with E-state index in [0.717, 1.165) is 0 Å². The van der Waals surface area contributed by atoms with Crippen molar-refractivity contribution in [2.75, 3.05) is 7.05 Å². The zero-order chi connectivity index (χ0) is 14.1. The first kappa shape index (κ1) is 16.1. The molecule has 0 bridgehead atoms. The summed E-state index contributed by atoms with van der Waals surface area (Å²) in [6, 6.07) is 2.73. The highest BCUT2D eigenvalue weighted by Crippen LogP contribution is 2.32. The third kappa shape index (κ3) is 3.11. The first-order chi connectivity index (χ1) is 8.21. The fourth-order valence-electron chi connectivity index (χ4n) is 1.34. The Hall–Kier alpha value is -0.000000000000000111. The van der Waals surface area contributed by atoms with Gasteiger partial charge in [0, 0.05) is 24.0 Å². The van der Waals surface area contributed by atoms with E-state index in [4.69, 9.17) is 34.8 Å². The van der Waals surface area contributed by atoms with Crippen LogP contribution in [-0.2, 0) is 15.9 Å². The SMILES string of the molecule is CC(C)N(C)S(=O)(=O)c1cc(Cl)cc(CCl)c1Cl. The maximum atomic E-state index is 12.4. The summed E-state index contributed by atoms with van der Waals surface area (Å²) in [5.41, 5.74) is 0.501. The molecule has 1 rings (SSSR count). The van der Waals surface area contributed by atoms with Crippen LogP contribution in [0.25, 0.3) is 0 Å². The van der Waals surface area contributed by atoms with Gasteiger partial charge in [0.15, 0.2) is 0 Å². The number of hydrogen-bond acceptors (Lipinski definition) is 2. The second-order valence-corrected chi connectivity index (χ2v) is 7.17. The van der Waals surface area contributed by atoms with Crippen molar-refractivity contribution in [3.05, 3.63) is 27.7 Å². The van der Waals surface area contributed by atoms with Crippen LogP contribution in [0, 0.1) is 0 Å². The molecule has 0 aliphatic carbocycles. The Morgan fingerprint density at radius 2 is 1.83 bits per heavy atom. The van der Waals surface area contributed by atoms with Crippen molar-refractivity contribution < 1.29 is 8.42 Å². The van der Waals surface area contributed by atoms with E-state index < -0.39 is 10.0 Å². The lowest BCUT2D eigenvalue weighted by Gasteiger charge is -2.22. The largest absolute Gasteiger partial charge is 0.244 e. The van der Waals surface area contributed by atoms with Gasteiger partial charge in [-0.05, 0) is 31.5 Å². The molecule has 1 aromatic rings. The zero-order valence-corrected chi connectivity index (χ0v) is 13.3. The molecule has 0 unspecified atom stereocenters. The van der Waals surface area contributed by atoms with E-state index in [1.54, 1.807) is 19.9 Å². The molecule has 0 atom stereocenters. The molecule has 102 valence electrons. The molecule has 0 aromatic heterocycles. The summed E-state index contributed by atoms with van der Waals surface area (Å²) in [5, 5.41) is 0.424. The fourth-order valence-corrected chi connectivity index (χ4v) is 3.89. The van der Waals surface area contributed by atoms with E-state index in [-0.39, 0.29) is 21.8 Å². The minimum atomic E-state index is -3.67. The molecule has 18 heavy (non-hydrogen) atoms. The van der Waals surface area contributed by atoms with E-state index in [1.165, 1.54) is 17.4 Å². The molecule has 0 heterocycles. The lowest BCUT2D eigenvalue weighted by atomic mass is 10.2. The summed E-state index contributed by atoms with van der Waals surface area (Å²) in [4.78, 5) is -0.0106. The van der Waals surface area contributed by atoms with Crippen LogP contribution in [0.3, 0.4) is 0 Å². The molecular formula is C11H14Cl3NO2S. The quantitative estimate of drug-likeness (QED) is 0.788. The monoisotopic (exact) mass is 329 g/mol. The van der Waals surface area contributed by atoms with Gasteiger partial charge in [-0.25, -0.2) is 8.42 Å². The first-order valence-electron chi connectivity index (χ1n) is 5.23. The smallest absolute Gasteiger partial charge is 0.207 e. The maximum Gasteiger partial charge on any atom is 0.244 e. The Balaban J connectivity index is 3.46. The molecule has 0 fully saturated rings. The van der Waals surface area contributed by atoms with Crippen LogP contribution in [0.1, 0.15) is 19.4 Å². The van der Waals surface area contributed by atoms with Gasteiger partial charge in [-0.15, -0.1) is 11.6 Å². The first-order valence-corrected chi connectivity index (χ1v) is 7.96. The number of sulfonamides is 1. The lowest BCUT2D eigenvalue weighted by molar-refractivity contribution is 0.410. The lowest BCUT2D eigenvalue weighted by Crippen LogP contribution is -2.33. The summed E-state index contributed by atoms with van der Waals surface area (Å²) in [7, 11) is -2.17. The summed E-state index contributed by atoms with van der Waals surface area (Å²) >= 11 is 17.7. The second-order valence-electron chi connectivity index (χ2n) is 4.13. The van der Waals surface area contributed by atoms with Crippen molar-refractivity contribution in [3.63, 3.8) is 0 Å². The van der Waals surface area contributed by atoms with Gasteiger partial charge < -0.3 is 0 Å². The van der Waals surface area contributed by atoms with Gasteiger partial charge in [0.2, 0.25) is 10.0 Å². The Morgan fingerprint density at radius 1 is 1.28 bits per heavy atom. The molecule has 0 saturated carbocycles. The van der Waals surface area contributed by atoms with Crippen molar-refractivity contribution in [3.8, 4) is 0 Å². The summed E-state index contributed by atoms with van der Waals surface area (Å²) < 4.78 is 25.9. The second kappa shape index (κ2) is 5.97. The van der Waals surface area contributed by atoms with E-state index in [0.29, 0.717) is 10.6 Å². The number of benzene rings is 1. The zero-order valence-electron chi connectivity index (χ0n) is 10.2. The molecule has 3 nitrogen and oxygen atoms in total. The van der Waals surface area contributed by atoms with Crippen LogP contribution in [0.2, 0.25) is 10.0 Å². The fraction of sp³-hybridized carbons (Fsp3) is 0.455. The molecule has 0 amide bonds. The molecule has 0 radical (unpaired) electrons. The van der Waals surface area contributed by atoms with Crippen LogP contribution in [-0.4, -0.2) is 25.8 Å². The molecule has 0 aliphatic rings. The van der Waals surface area contributed by atoms with Crippen LogP contribution in [0.15, 0.2) is 17.0 Å². The van der Waals surface area contributed by atoms with Crippen LogP contribution < -0.4 is 0 Å². The van der Waals surface area contributed by atoms with Gasteiger partial charge in [0.05, 0.1) is 5.02 Å². The Bertz CT molecular complexity index is 543. The number of rotatable bonds is 4. The molecule has 0 saturated heterocycles. The summed E-state index contributed by atoms with van der Waals surface area (Å²) in [6.45, 7) is 3.55. The Morgan fingerprint density at radius 3 is 2.28 bits per heavy atom. The van der Waals surface area contributed by atoms with Gasteiger partial charge in [-0.2, -0.15) is 4.31 Å². The van der Waals surface area contributed by atoms with Gasteiger partial charge >= 0.3 is 0 Å². The van der Waals surface area contributed by atoms with Gasteiger partial charge in [0.1, 0.15) is 4.90 Å². The van der Waals surface area contributed by atoms with Crippen LogP contribution in [0.5, 0.6) is 0 Å². The predicted molar refractivity (Wildman–Crippen MR) is 76.1 cm³/mol. The summed E-state index contributed by atoms with van der Waals surface area (Å²) in [5.74, 6) is 0.104. The highest BCUT2D eigenvalue weighted by atomic mass is 35.5. The van der Waals surface area contributed by atoms with E-state index in [1.807, 2.05) is 0 Å². The molecule has 0 aliphatic heterocycles. The third-order valence-corrected chi connectivity index (χ3v) is 5.73. The number of hydrogen-bond donors (Lipinski definition) is 0. The average molecular weight is 331 g/mol. The number of alkyl halides is 1. The average Bonchev–Trinajstić information content (AvgIpc) is 2.30. The van der Waals surface area contributed by atoms with E-state index in [2.05, 4.69) is 0 Å². The van der Waals surface area contributed by atoms with Crippen molar-refractivity contribution in [2.24, 2.45) is 0 Å².